The molecule has 0 aliphatic carbocycles. The number of hydrogen-bond donors (Lipinski definition) is 2. The van der Waals surface area contributed by atoms with Crippen molar-refractivity contribution in [2.45, 2.75) is 131 Å². The zero-order valence-corrected chi connectivity index (χ0v) is 27.8. The molecule has 0 fully saturated rings. The van der Waals surface area contributed by atoms with Gasteiger partial charge in [-0.25, -0.2) is 0 Å². The molecule has 0 saturated heterocycles. The van der Waals surface area contributed by atoms with Crippen molar-refractivity contribution in [3.63, 3.8) is 0 Å². The molecular formula is C35H58N2O2. The topological polar surface area (TPSA) is 46.9 Å². The van der Waals surface area contributed by atoms with Crippen LogP contribution < -0.4 is 0 Å². The summed E-state index contributed by atoms with van der Waals surface area (Å²) < 4.78 is 0. The fourth-order valence-electron chi connectivity index (χ4n) is 5.54. The van der Waals surface area contributed by atoms with Gasteiger partial charge in [-0.05, 0) is 64.9 Å². The number of benzene rings is 2. The summed E-state index contributed by atoms with van der Waals surface area (Å²) in [7, 11) is 4.28. The van der Waals surface area contributed by atoms with Gasteiger partial charge in [0.25, 0.3) is 0 Å². The standard InChI is InChI=1S/C35H58N2O2/c1-23(37(15)22-25-27(33(5,6)7)17-19-29(31(25)39)35(11,12)13)20-36(14)21-24-26(32(2,3)4)16-18-28(30(24)38)34(8,9)10/h16-19,23,38-39H,20-22H2,1-15H3. The number of aromatic hydroxyl groups is 2. The van der Waals surface area contributed by atoms with E-state index in [0.29, 0.717) is 24.6 Å². The molecule has 2 aromatic rings. The summed E-state index contributed by atoms with van der Waals surface area (Å²) in [5.74, 6) is 0.864. The predicted octanol–water partition coefficient (Wildman–Crippen LogP) is 8.24. The molecule has 2 N–H and O–H groups in total. The lowest BCUT2D eigenvalue weighted by Crippen LogP contribution is -2.39. The molecule has 0 aliphatic heterocycles. The highest BCUT2D eigenvalue weighted by atomic mass is 16.3. The van der Waals surface area contributed by atoms with Gasteiger partial charge in [0.1, 0.15) is 11.5 Å². The fraction of sp³-hybridized carbons (Fsp3) is 0.657. The van der Waals surface area contributed by atoms with Gasteiger partial charge >= 0.3 is 0 Å². The summed E-state index contributed by atoms with van der Waals surface area (Å²) >= 11 is 0. The van der Waals surface area contributed by atoms with E-state index in [-0.39, 0.29) is 27.7 Å². The highest BCUT2D eigenvalue weighted by molar-refractivity contribution is 5.51. The predicted molar refractivity (Wildman–Crippen MR) is 168 cm³/mol. The van der Waals surface area contributed by atoms with Crippen molar-refractivity contribution in [2.75, 3.05) is 20.6 Å². The Morgan fingerprint density at radius 3 is 1.21 bits per heavy atom. The van der Waals surface area contributed by atoms with Gasteiger partial charge in [0.2, 0.25) is 0 Å². The highest BCUT2D eigenvalue weighted by Crippen LogP contribution is 2.41. The first-order valence-electron chi connectivity index (χ1n) is 14.6. The average molecular weight is 539 g/mol. The van der Waals surface area contributed by atoms with E-state index in [4.69, 9.17) is 0 Å². The minimum absolute atomic E-state index is 0.0641. The number of hydrogen-bond acceptors (Lipinski definition) is 4. The highest BCUT2D eigenvalue weighted by Gasteiger charge is 2.29. The molecule has 0 heterocycles. The van der Waals surface area contributed by atoms with Gasteiger partial charge in [0.15, 0.2) is 0 Å². The molecule has 0 radical (unpaired) electrons. The minimum atomic E-state index is -0.131. The number of rotatable bonds is 7. The molecular weight excluding hydrogens is 480 g/mol. The van der Waals surface area contributed by atoms with Crippen molar-refractivity contribution in [3.05, 3.63) is 57.6 Å². The second-order valence-electron chi connectivity index (χ2n) is 15.9. The SMILES string of the molecule is CC(CN(C)Cc1c(C(C)(C)C)ccc(C(C)(C)C)c1O)N(C)Cc1c(C(C)(C)C)ccc(C(C)(C)C)c1O. The maximum Gasteiger partial charge on any atom is 0.124 e. The van der Waals surface area contributed by atoms with Gasteiger partial charge in [0.05, 0.1) is 0 Å². The molecule has 4 heteroatoms. The smallest absolute Gasteiger partial charge is 0.124 e. The summed E-state index contributed by atoms with van der Waals surface area (Å²) in [6, 6.07) is 8.85. The molecule has 0 aromatic heterocycles. The fourth-order valence-corrected chi connectivity index (χ4v) is 5.54. The van der Waals surface area contributed by atoms with E-state index in [0.717, 1.165) is 28.8 Å². The Balaban J connectivity index is 2.35. The van der Waals surface area contributed by atoms with E-state index >= 15 is 0 Å². The third-order valence-corrected chi connectivity index (χ3v) is 7.96. The molecule has 0 spiro atoms. The van der Waals surface area contributed by atoms with Gasteiger partial charge < -0.3 is 15.1 Å². The van der Waals surface area contributed by atoms with E-state index in [1.807, 2.05) is 0 Å². The Labute approximate surface area is 240 Å². The van der Waals surface area contributed by atoms with Crippen LogP contribution in [0, 0.1) is 0 Å². The molecule has 0 amide bonds. The third-order valence-electron chi connectivity index (χ3n) is 7.96. The Bertz CT molecular complexity index is 1140. The van der Waals surface area contributed by atoms with Crippen molar-refractivity contribution in [3.8, 4) is 11.5 Å². The van der Waals surface area contributed by atoms with Crippen LogP contribution in [0.3, 0.4) is 0 Å². The Morgan fingerprint density at radius 1 is 0.564 bits per heavy atom. The zero-order valence-electron chi connectivity index (χ0n) is 27.8. The monoisotopic (exact) mass is 538 g/mol. The van der Waals surface area contributed by atoms with Gasteiger partial charge in [-0.3, -0.25) is 4.90 Å². The Kier molecular flexibility index (Phi) is 9.74. The van der Waals surface area contributed by atoms with Crippen LogP contribution in [0.15, 0.2) is 24.3 Å². The van der Waals surface area contributed by atoms with Crippen LogP contribution in [0.5, 0.6) is 11.5 Å². The van der Waals surface area contributed by atoms with Crippen molar-refractivity contribution >= 4 is 0 Å². The number of phenolic OH excluding ortho intramolecular Hbond substituents is 2. The summed E-state index contributed by atoms with van der Waals surface area (Å²) in [6.45, 7) is 30.6. The van der Waals surface area contributed by atoms with Crippen LogP contribution in [0.25, 0.3) is 0 Å². The molecule has 0 saturated carbocycles. The number of likely N-dealkylation sites (N-methyl/N-ethyl adjacent to an activating group) is 2. The van der Waals surface area contributed by atoms with Crippen molar-refractivity contribution in [2.24, 2.45) is 0 Å². The van der Waals surface area contributed by atoms with Crippen LogP contribution in [0.1, 0.15) is 123 Å². The van der Waals surface area contributed by atoms with Gasteiger partial charge in [-0.1, -0.05) is 107 Å². The first-order chi connectivity index (χ1) is 17.5. The lowest BCUT2D eigenvalue weighted by atomic mass is 9.78. The summed E-state index contributed by atoms with van der Waals surface area (Å²) in [5.41, 5.74) is 6.03. The molecule has 1 atom stereocenters. The van der Waals surface area contributed by atoms with Crippen LogP contribution >= 0.6 is 0 Å². The van der Waals surface area contributed by atoms with Crippen LogP contribution in [-0.4, -0.2) is 46.7 Å². The molecule has 39 heavy (non-hydrogen) atoms. The van der Waals surface area contributed by atoms with E-state index in [1.54, 1.807) is 0 Å². The third kappa shape index (κ3) is 8.01. The Hall–Kier alpha value is -2.04. The summed E-state index contributed by atoms with van der Waals surface area (Å²) in [5, 5.41) is 22.9. The average Bonchev–Trinajstić information content (AvgIpc) is 2.72. The van der Waals surface area contributed by atoms with Crippen molar-refractivity contribution in [1.29, 1.82) is 0 Å². The second kappa shape index (κ2) is 11.4. The zero-order chi connectivity index (χ0) is 30.3. The van der Waals surface area contributed by atoms with Crippen molar-refractivity contribution < 1.29 is 10.2 Å². The van der Waals surface area contributed by atoms with E-state index in [2.05, 4.69) is 138 Å². The maximum atomic E-state index is 11.4. The molecule has 4 nitrogen and oxygen atoms in total. The Morgan fingerprint density at radius 2 is 0.872 bits per heavy atom. The van der Waals surface area contributed by atoms with Gasteiger partial charge in [-0.15, -0.1) is 0 Å². The number of nitrogens with zero attached hydrogens (tertiary/aromatic N) is 2. The first kappa shape index (κ1) is 33.2. The maximum absolute atomic E-state index is 11.4. The van der Waals surface area contributed by atoms with E-state index in [1.165, 1.54) is 11.1 Å². The quantitative estimate of drug-likeness (QED) is 0.373. The lowest BCUT2D eigenvalue weighted by Gasteiger charge is -2.34. The second-order valence-corrected chi connectivity index (χ2v) is 15.9. The van der Waals surface area contributed by atoms with Crippen LogP contribution in [0.2, 0.25) is 0 Å². The van der Waals surface area contributed by atoms with Gasteiger partial charge in [-0.2, -0.15) is 0 Å². The van der Waals surface area contributed by atoms with E-state index < -0.39 is 0 Å². The van der Waals surface area contributed by atoms with Crippen LogP contribution in [-0.2, 0) is 34.7 Å². The number of phenols is 2. The molecule has 220 valence electrons. The van der Waals surface area contributed by atoms with Crippen LogP contribution in [0.4, 0.5) is 0 Å². The molecule has 0 bridgehead atoms. The lowest BCUT2D eigenvalue weighted by molar-refractivity contribution is 0.179. The largest absolute Gasteiger partial charge is 0.507 e. The normalized spacial score (nSPS) is 14.4. The summed E-state index contributed by atoms with van der Waals surface area (Å²) in [6.07, 6.45) is 0. The van der Waals surface area contributed by atoms with Gasteiger partial charge in [0, 0.05) is 36.8 Å². The van der Waals surface area contributed by atoms with Crippen molar-refractivity contribution in [1.82, 2.24) is 9.80 Å². The molecule has 2 rings (SSSR count). The molecule has 0 aliphatic rings. The molecule has 2 aromatic carbocycles. The minimum Gasteiger partial charge on any atom is -0.507 e. The summed E-state index contributed by atoms with van der Waals surface area (Å²) in [4.78, 5) is 4.65. The molecule has 1 unspecified atom stereocenters. The van der Waals surface area contributed by atoms with E-state index in [9.17, 15) is 10.2 Å². The first-order valence-corrected chi connectivity index (χ1v) is 14.6.